The average Bonchev–Trinajstić information content (AvgIpc) is 2.56. The Balaban J connectivity index is 0.000000121. The second-order valence-electron chi connectivity index (χ2n) is 5.67. The monoisotopic (exact) mass is 266 g/mol. The van der Waals surface area contributed by atoms with Gasteiger partial charge in [0.15, 0.2) is 0 Å². The molecule has 2 aromatic heterocycles. The molecule has 20 heavy (non-hydrogen) atoms. The summed E-state index contributed by atoms with van der Waals surface area (Å²) in [4.78, 5) is 8.42. The van der Waals surface area contributed by atoms with Crippen molar-refractivity contribution in [3.63, 3.8) is 0 Å². The Morgan fingerprint density at radius 2 is 1.45 bits per heavy atom. The molecule has 0 atom stereocenters. The summed E-state index contributed by atoms with van der Waals surface area (Å²) in [6.07, 6.45) is 16.1. The zero-order chi connectivity index (χ0) is 13.6. The smallest absolute Gasteiger partial charge is 0.0435 e. The maximum Gasteiger partial charge on any atom is 0.0435 e. The molecule has 0 saturated carbocycles. The van der Waals surface area contributed by atoms with Crippen molar-refractivity contribution in [1.29, 1.82) is 0 Å². The zero-order valence-corrected chi connectivity index (χ0v) is 12.0. The highest BCUT2D eigenvalue weighted by molar-refractivity contribution is 5.25. The van der Waals surface area contributed by atoms with Gasteiger partial charge in [-0.15, -0.1) is 0 Å². The Morgan fingerprint density at radius 1 is 0.700 bits per heavy atom. The highest BCUT2D eigenvalue weighted by Crippen LogP contribution is 2.19. The third kappa shape index (κ3) is 3.24. The standard InChI is InChI=1S/2C9H11N/c1-2-6-9-8(4-1)5-3-7-10-9;1-2-4-9-7-10-6-5-8(9)3-1/h3,5,7H,1-2,4,6H2;5-7H,1-4H2. The van der Waals surface area contributed by atoms with Crippen LogP contribution in [-0.4, -0.2) is 9.97 Å². The second kappa shape index (κ2) is 6.65. The van der Waals surface area contributed by atoms with Crippen molar-refractivity contribution in [1.82, 2.24) is 9.97 Å². The summed E-state index contributed by atoms with van der Waals surface area (Å²) in [5.41, 5.74) is 5.78. The van der Waals surface area contributed by atoms with E-state index in [4.69, 9.17) is 0 Å². The Kier molecular flexibility index (Phi) is 4.42. The number of rotatable bonds is 0. The minimum atomic E-state index is 1.19. The molecular weight excluding hydrogens is 244 g/mol. The summed E-state index contributed by atoms with van der Waals surface area (Å²) in [5, 5.41) is 0. The van der Waals surface area contributed by atoms with Crippen LogP contribution < -0.4 is 0 Å². The lowest BCUT2D eigenvalue weighted by molar-refractivity contribution is 0.668. The summed E-state index contributed by atoms with van der Waals surface area (Å²) in [6, 6.07) is 6.38. The van der Waals surface area contributed by atoms with E-state index in [-0.39, 0.29) is 0 Å². The summed E-state index contributed by atoms with van der Waals surface area (Å²) < 4.78 is 0. The first-order valence-electron chi connectivity index (χ1n) is 7.78. The third-order valence-corrected chi connectivity index (χ3v) is 4.24. The van der Waals surface area contributed by atoms with Crippen molar-refractivity contribution in [2.24, 2.45) is 0 Å². The Morgan fingerprint density at radius 3 is 2.25 bits per heavy atom. The topological polar surface area (TPSA) is 25.8 Å². The first-order valence-corrected chi connectivity index (χ1v) is 7.78. The van der Waals surface area contributed by atoms with Crippen molar-refractivity contribution in [3.8, 4) is 0 Å². The van der Waals surface area contributed by atoms with Gasteiger partial charge in [0.2, 0.25) is 0 Å². The Bertz CT molecular complexity index is 461. The molecule has 0 fully saturated rings. The molecule has 0 N–H and O–H groups in total. The molecule has 2 aromatic rings. The third-order valence-electron chi connectivity index (χ3n) is 4.24. The van der Waals surface area contributed by atoms with Crippen LogP contribution in [0.15, 0.2) is 36.8 Å². The SMILES string of the molecule is c1cc2c(cn1)CCCC2.c1cnc2c(c1)CCCC2. The van der Waals surface area contributed by atoms with Crippen LogP contribution in [0.4, 0.5) is 0 Å². The Hall–Kier alpha value is -1.70. The molecule has 0 aromatic carbocycles. The molecule has 2 heteroatoms. The predicted octanol–water partition coefficient (Wildman–Crippen LogP) is 3.92. The van der Waals surface area contributed by atoms with E-state index in [1.807, 2.05) is 24.7 Å². The van der Waals surface area contributed by atoms with E-state index in [1.54, 1.807) is 0 Å². The molecular formula is C18H22N2. The van der Waals surface area contributed by atoms with Crippen LogP contribution >= 0.6 is 0 Å². The molecule has 0 saturated heterocycles. The van der Waals surface area contributed by atoms with E-state index in [1.165, 1.54) is 73.8 Å². The number of hydrogen-bond acceptors (Lipinski definition) is 2. The van der Waals surface area contributed by atoms with Crippen LogP contribution in [0, 0.1) is 0 Å². The summed E-state index contributed by atoms with van der Waals surface area (Å²) >= 11 is 0. The molecule has 0 unspecified atom stereocenters. The molecule has 0 amide bonds. The molecule has 0 radical (unpaired) electrons. The number of fused-ring (bicyclic) bond motifs is 2. The van der Waals surface area contributed by atoms with Gasteiger partial charge in [-0.25, -0.2) is 0 Å². The van der Waals surface area contributed by atoms with Gasteiger partial charge in [-0.1, -0.05) is 6.07 Å². The van der Waals surface area contributed by atoms with E-state index < -0.39 is 0 Å². The van der Waals surface area contributed by atoms with Crippen molar-refractivity contribution in [2.45, 2.75) is 51.4 Å². The van der Waals surface area contributed by atoms with Gasteiger partial charge in [-0.3, -0.25) is 9.97 Å². The van der Waals surface area contributed by atoms with Gasteiger partial charge in [0.25, 0.3) is 0 Å². The van der Waals surface area contributed by atoms with E-state index in [2.05, 4.69) is 22.1 Å². The number of pyridine rings is 2. The van der Waals surface area contributed by atoms with Crippen molar-refractivity contribution in [3.05, 3.63) is 59.2 Å². The van der Waals surface area contributed by atoms with Gasteiger partial charge in [-0.05, 0) is 80.2 Å². The highest BCUT2D eigenvalue weighted by Gasteiger charge is 2.08. The van der Waals surface area contributed by atoms with Gasteiger partial charge in [0.05, 0.1) is 0 Å². The van der Waals surface area contributed by atoms with Crippen LogP contribution in [0.3, 0.4) is 0 Å². The molecule has 0 spiro atoms. The van der Waals surface area contributed by atoms with Crippen molar-refractivity contribution in [2.75, 3.05) is 0 Å². The number of aromatic nitrogens is 2. The van der Waals surface area contributed by atoms with Gasteiger partial charge >= 0.3 is 0 Å². The van der Waals surface area contributed by atoms with Gasteiger partial charge < -0.3 is 0 Å². The quantitative estimate of drug-likeness (QED) is 0.722. The maximum absolute atomic E-state index is 4.32. The number of nitrogens with zero attached hydrogens (tertiary/aromatic N) is 2. The molecule has 2 aliphatic carbocycles. The fourth-order valence-corrected chi connectivity index (χ4v) is 3.09. The predicted molar refractivity (Wildman–Crippen MR) is 81.8 cm³/mol. The normalized spacial score (nSPS) is 16.4. The van der Waals surface area contributed by atoms with E-state index in [9.17, 15) is 0 Å². The zero-order valence-electron chi connectivity index (χ0n) is 12.0. The van der Waals surface area contributed by atoms with E-state index in [0.29, 0.717) is 0 Å². The molecule has 2 nitrogen and oxygen atoms in total. The molecule has 2 heterocycles. The maximum atomic E-state index is 4.32. The number of hydrogen-bond donors (Lipinski definition) is 0. The fraction of sp³-hybridized carbons (Fsp3) is 0.444. The largest absolute Gasteiger partial charge is 0.264 e. The lowest BCUT2D eigenvalue weighted by atomic mass is 9.94. The second-order valence-corrected chi connectivity index (χ2v) is 5.67. The molecule has 4 rings (SSSR count). The van der Waals surface area contributed by atoms with Gasteiger partial charge in [0.1, 0.15) is 0 Å². The first-order chi connectivity index (χ1) is 9.93. The Labute approximate surface area is 121 Å². The minimum absolute atomic E-state index is 1.19. The van der Waals surface area contributed by atoms with Gasteiger partial charge in [-0.2, -0.15) is 0 Å². The summed E-state index contributed by atoms with van der Waals surface area (Å²) in [6.45, 7) is 0. The van der Waals surface area contributed by atoms with Crippen LogP contribution in [0.2, 0.25) is 0 Å². The van der Waals surface area contributed by atoms with Crippen molar-refractivity contribution >= 4 is 0 Å². The average molecular weight is 266 g/mol. The van der Waals surface area contributed by atoms with E-state index >= 15 is 0 Å². The van der Waals surface area contributed by atoms with Crippen LogP contribution in [-0.2, 0) is 25.7 Å². The van der Waals surface area contributed by atoms with Gasteiger partial charge in [0, 0.05) is 24.3 Å². The highest BCUT2D eigenvalue weighted by atomic mass is 14.7. The number of aryl methyl sites for hydroxylation is 4. The van der Waals surface area contributed by atoms with Crippen LogP contribution in [0.1, 0.15) is 48.1 Å². The van der Waals surface area contributed by atoms with Crippen LogP contribution in [0.25, 0.3) is 0 Å². The fourth-order valence-electron chi connectivity index (χ4n) is 3.09. The molecule has 0 bridgehead atoms. The van der Waals surface area contributed by atoms with E-state index in [0.717, 1.165) is 0 Å². The molecule has 104 valence electrons. The lowest BCUT2D eigenvalue weighted by Crippen LogP contribution is -2.03. The molecule has 0 aliphatic heterocycles. The first kappa shape index (κ1) is 13.3. The minimum Gasteiger partial charge on any atom is -0.264 e. The van der Waals surface area contributed by atoms with Crippen LogP contribution in [0.5, 0.6) is 0 Å². The summed E-state index contributed by atoms with van der Waals surface area (Å²) in [5.74, 6) is 0. The lowest BCUT2D eigenvalue weighted by Gasteiger charge is -2.13. The summed E-state index contributed by atoms with van der Waals surface area (Å²) in [7, 11) is 0. The van der Waals surface area contributed by atoms with Crippen molar-refractivity contribution < 1.29 is 0 Å². The molecule has 2 aliphatic rings.